The third-order valence-electron chi connectivity index (χ3n) is 3.66. The van der Waals surface area contributed by atoms with E-state index in [4.69, 9.17) is 4.74 Å². The molecule has 1 aromatic rings. The minimum absolute atomic E-state index is 0.130. The lowest BCUT2D eigenvalue weighted by molar-refractivity contribution is -0.120. The van der Waals surface area contributed by atoms with Gasteiger partial charge in [-0.1, -0.05) is 13.0 Å². The molecule has 1 unspecified atom stereocenters. The van der Waals surface area contributed by atoms with Gasteiger partial charge in [-0.05, 0) is 42.5 Å². The number of hydrogen-bond donors (Lipinski definition) is 1. The summed E-state index contributed by atoms with van der Waals surface area (Å²) in [5.74, 6) is 1.46. The molecule has 1 atom stereocenters. The van der Waals surface area contributed by atoms with E-state index in [1.54, 1.807) is 7.11 Å². The molecule has 3 nitrogen and oxygen atoms in total. The monoisotopic (exact) mass is 247 g/mol. The van der Waals surface area contributed by atoms with E-state index in [1.165, 1.54) is 17.5 Å². The summed E-state index contributed by atoms with van der Waals surface area (Å²) in [5, 5.41) is 3.00. The number of hydrogen-bond acceptors (Lipinski definition) is 2. The summed E-state index contributed by atoms with van der Waals surface area (Å²) in [6.07, 6.45) is 4.03. The van der Waals surface area contributed by atoms with Gasteiger partial charge in [0.05, 0.1) is 7.11 Å². The number of carbonyl (C=O) groups excluding carboxylic acids is 1. The maximum absolute atomic E-state index is 11.4. The molecule has 1 aliphatic carbocycles. The van der Waals surface area contributed by atoms with Crippen LogP contribution in [0.15, 0.2) is 18.2 Å². The summed E-state index contributed by atoms with van der Waals surface area (Å²) in [5.41, 5.74) is 2.75. The molecule has 3 heteroatoms. The second-order valence-electron chi connectivity index (χ2n) is 4.81. The summed E-state index contributed by atoms with van der Waals surface area (Å²) in [6, 6.07) is 6.30. The third kappa shape index (κ3) is 2.84. The van der Waals surface area contributed by atoms with E-state index in [-0.39, 0.29) is 5.91 Å². The third-order valence-corrected chi connectivity index (χ3v) is 3.66. The van der Waals surface area contributed by atoms with Crippen molar-refractivity contribution < 1.29 is 9.53 Å². The number of nitrogens with one attached hydrogen (secondary N) is 1. The molecule has 1 aromatic carbocycles. The fourth-order valence-corrected chi connectivity index (χ4v) is 2.58. The molecule has 0 radical (unpaired) electrons. The second-order valence-corrected chi connectivity index (χ2v) is 4.81. The number of aryl methyl sites for hydroxylation is 1. The summed E-state index contributed by atoms with van der Waals surface area (Å²) in [4.78, 5) is 11.4. The van der Waals surface area contributed by atoms with Crippen molar-refractivity contribution in [1.29, 1.82) is 0 Å². The van der Waals surface area contributed by atoms with Gasteiger partial charge in [-0.3, -0.25) is 4.79 Å². The number of rotatable bonds is 4. The zero-order chi connectivity index (χ0) is 13.0. The number of benzene rings is 1. The van der Waals surface area contributed by atoms with E-state index in [2.05, 4.69) is 17.4 Å². The number of amides is 1. The van der Waals surface area contributed by atoms with Crippen molar-refractivity contribution in [3.8, 4) is 5.75 Å². The van der Waals surface area contributed by atoms with Crippen molar-refractivity contribution in [1.82, 2.24) is 5.32 Å². The van der Waals surface area contributed by atoms with Gasteiger partial charge in [0.1, 0.15) is 5.75 Å². The Hall–Kier alpha value is -1.51. The summed E-state index contributed by atoms with van der Waals surface area (Å²) in [6.45, 7) is 2.63. The average Bonchev–Trinajstić information content (AvgIpc) is 2.43. The van der Waals surface area contributed by atoms with Crippen LogP contribution < -0.4 is 10.1 Å². The zero-order valence-corrected chi connectivity index (χ0v) is 11.2. The number of carbonyl (C=O) groups is 1. The Morgan fingerprint density at radius 3 is 3.06 bits per heavy atom. The summed E-state index contributed by atoms with van der Waals surface area (Å²) in [7, 11) is 1.69. The van der Waals surface area contributed by atoms with Gasteiger partial charge in [0, 0.05) is 18.9 Å². The fraction of sp³-hybridized carbons (Fsp3) is 0.533. The summed E-state index contributed by atoms with van der Waals surface area (Å²) < 4.78 is 5.29. The van der Waals surface area contributed by atoms with Crippen molar-refractivity contribution >= 4 is 5.91 Å². The predicted octanol–water partition coefficient (Wildman–Crippen LogP) is 2.64. The highest BCUT2D eigenvalue weighted by Gasteiger charge is 2.21. The minimum atomic E-state index is 0.130. The van der Waals surface area contributed by atoms with Crippen LogP contribution in [-0.4, -0.2) is 19.6 Å². The first-order valence-electron chi connectivity index (χ1n) is 6.68. The molecular weight excluding hydrogens is 226 g/mol. The molecule has 0 aliphatic heterocycles. The highest BCUT2D eigenvalue weighted by molar-refractivity contribution is 5.75. The van der Waals surface area contributed by atoms with Crippen molar-refractivity contribution in [3.05, 3.63) is 29.3 Å². The predicted molar refractivity (Wildman–Crippen MR) is 72.0 cm³/mol. The molecule has 1 aliphatic rings. The van der Waals surface area contributed by atoms with Gasteiger partial charge in [-0.15, -0.1) is 0 Å². The smallest absolute Gasteiger partial charge is 0.219 e. The highest BCUT2D eigenvalue weighted by Crippen LogP contribution is 2.33. The molecule has 98 valence electrons. The molecule has 18 heavy (non-hydrogen) atoms. The fourth-order valence-electron chi connectivity index (χ4n) is 2.58. The van der Waals surface area contributed by atoms with Crippen LogP contribution >= 0.6 is 0 Å². The molecule has 0 heterocycles. The van der Waals surface area contributed by atoms with Crippen LogP contribution in [-0.2, 0) is 11.2 Å². The van der Waals surface area contributed by atoms with Crippen molar-refractivity contribution in [3.63, 3.8) is 0 Å². The average molecular weight is 247 g/mol. The molecule has 1 N–H and O–H groups in total. The minimum Gasteiger partial charge on any atom is -0.497 e. The summed E-state index contributed by atoms with van der Waals surface area (Å²) >= 11 is 0. The molecule has 0 fully saturated rings. The van der Waals surface area contributed by atoms with E-state index in [1.807, 2.05) is 13.0 Å². The second kappa shape index (κ2) is 5.89. The number of ether oxygens (including phenoxy) is 1. The van der Waals surface area contributed by atoms with E-state index < -0.39 is 0 Å². The Balaban J connectivity index is 2.13. The Morgan fingerprint density at radius 2 is 2.33 bits per heavy atom. The van der Waals surface area contributed by atoms with Gasteiger partial charge in [-0.2, -0.15) is 0 Å². The lowest BCUT2D eigenvalue weighted by atomic mass is 9.82. The van der Waals surface area contributed by atoms with Gasteiger partial charge in [0.25, 0.3) is 0 Å². The Bertz CT molecular complexity index is 429. The molecule has 0 saturated carbocycles. The lowest BCUT2D eigenvalue weighted by Crippen LogP contribution is -2.29. The van der Waals surface area contributed by atoms with E-state index in [0.29, 0.717) is 12.3 Å². The van der Waals surface area contributed by atoms with Crippen LogP contribution in [0.25, 0.3) is 0 Å². The highest BCUT2D eigenvalue weighted by atomic mass is 16.5. The quantitative estimate of drug-likeness (QED) is 0.888. The Kier molecular flexibility index (Phi) is 4.24. The molecule has 1 amide bonds. The Labute approximate surface area is 109 Å². The number of fused-ring (bicyclic) bond motifs is 1. The zero-order valence-electron chi connectivity index (χ0n) is 11.2. The standard InChI is InChI=1S/C15H21NO2/c1-3-15(17)16-10-12-6-4-5-11-7-8-13(18-2)9-14(11)12/h7-9,12H,3-6,10H2,1-2H3,(H,16,17). The van der Waals surface area contributed by atoms with Crippen LogP contribution in [0.1, 0.15) is 43.2 Å². The lowest BCUT2D eigenvalue weighted by Gasteiger charge is -2.26. The molecule has 0 bridgehead atoms. The van der Waals surface area contributed by atoms with Crippen molar-refractivity contribution in [2.45, 2.75) is 38.5 Å². The topological polar surface area (TPSA) is 38.3 Å². The van der Waals surface area contributed by atoms with Crippen LogP contribution in [0.5, 0.6) is 5.75 Å². The van der Waals surface area contributed by atoms with E-state index in [9.17, 15) is 4.79 Å². The van der Waals surface area contributed by atoms with Gasteiger partial charge >= 0.3 is 0 Å². The van der Waals surface area contributed by atoms with Crippen molar-refractivity contribution in [2.24, 2.45) is 0 Å². The molecule has 2 rings (SSSR count). The molecule has 0 aromatic heterocycles. The molecule has 0 saturated heterocycles. The maximum atomic E-state index is 11.4. The maximum Gasteiger partial charge on any atom is 0.219 e. The van der Waals surface area contributed by atoms with Gasteiger partial charge in [-0.25, -0.2) is 0 Å². The van der Waals surface area contributed by atoms with Gasteiger partial charge < -0.3 is 10.1 Å². The first-order chi connectivity index (χ1) is 8.74. The largest absolute Gasteiger partial charge is 0.497 e. The van der Waals surface area contributed by atoms with Crippen molar-refractivity contribution in [2.75, 3.05) is 13.7 Å². The van der Waals surface area contributed by atoms with E-state index in [0.717, 1.165) is 25.1 Å². The van der Waals surface area contributed by atoms with Crippen LogP contribution in [0.2, 0.25) is 0 Å². The van der Waals surface area contributed by atoms with Crippen LogP contribution in [0, 0.1) is 0 Å². The molecular formula is C15H21NO2. The normalized spacial score (nSPS) is 18.0. The first kappa shape index (κ1) is 12.9. The van der Waals surface area contributed by atoms with Crippen LogP contribution in [0.4, 0.5) is 0 Å². The first-order valence-corrected chi connectivity index (χ1v) is 6.68. The van der Waals surface area contributed by atoms with Gasteiger partial charge in [0.15, 0.2) is 0 Å². The SMILES string of the molecule is CCC(=O)NCC1CCCc2ccc(OC)cc21. The van der Waals surface area contributed by atoms with Gasteiger partial charge in [0.2, 0.25) is 5.91 Å². The molecule has 0 spiro atoms. The van der Waals surface area contributed by atoms with Crippen LogP contribution in [0.3, 0.4) is 0 Å². The van der Waals surface area contributed by atoms with E-state index >= 15 is 0 Å². The number of methoxy groups -OCH3 is 1. The Morgan fingerprint density at radius 1 is 1.50 bits per heavy atom.